The second-order valence-corrected chi connectivity index (χ2v) is 6.30. The number of aryl methyl sites for hydroxylation is 1. The van der Waals surface area contributed by atoms with Gasteiger partial charge >= 0.3 is 6.18 Å². The van der Waals surface area contributed by atoms with Crippen LogP contribution in [0.1, 0.15) is 35.6 Å². The van der Waals surface area contributed by atoms with E-state index in [1.165, 1.54) is 6.07 Å². The van der Waals surface area contributed by atoms with Crippen molar-refractivity contribution in [1.82, 2.24) is 0 Å². The van der Waals surface area contributed by atoms with E-state index in [0.29, 0.717) is 22.9 Å². The zero-order valence-electron chi connectivity index (χ0n) is 14.7. The number of alkyl halides is 3. The molecule has 0 aliphatic carbocycles. The minimum atomic E-state index is -5.15. The van der Waals surface area contributed by atoms with Crippen molar-refractivity contribution in [3.8, 4) is 11.8 Å². The van der Waals surface area contributed by atoms with Gasteiger partial charge in [-0.25, -0.2) is 13.2 Å². The first-order chi connectivity index (χ1) is 13.2. The van der Waals surface area contributed by atoms with E-state index >= 15 is 0 Å². The maximum atomic E-state index is 14.7. The molecule has 3 aromatic carbocycles. The fourth-order valence-electron chi connectivity index (χ4n) is 2.94. The SMILES string of the molecule is CCCc1ccc2c(F)c(C#Cc3cc(F)c(C(F)(F)F)c(F)c3)ccc2c1. The Kier molecular flexibility index (Phi) is 5.37. The van der Waals surface area contributed by atoms with Gasteiger partial charge in [-0.15, -0.1) is 0 Å². The summed E-state index contributed by atoms with van der Waals surface area (Å²) < 4.78 is 79.7. The van der Waals surface area contributed by atoms with Crippen molar-refractivity contribution in [2.75, 3.05) is 0 Å². The van der Waals surface area contributed by atoms with E-state index in [1.807, 2.05) is 19.1 Å². The average Bonchev–Trinajstić information content (AvgIpc) is 2.59. The first kappa shape index (κ1) is 19.8. The molecule has 3 rings (SSSR count). The molecule has 0 nitrogen and oxygen atoms in total. The summed E-state index contributed by atoms with van der Waals surface area (Å²) in [7, 11) is 0. The normalized spacial score (nSPS) is 11.4. The maximum Gasteiger partial charge on any atom is 0.422 e. The molecule has 0 heterocycles. The number of benzene rings is 3. The predicted octanol–water partition coefficient (Wildman–Crippen LogP) is 6.63. The molecule has 0 unspecified atom stereocenters. The molecule has 28 heavy (non-hydrogen) atoms. The molecule has 0 amide bonds. The third-order valence-electron chi connectivity index (χ3n) is 4.22. The van der Waals surface area contributed by atoms with Crippen LogP contribution in [0.2, 0.25) is 0 Å². The van der Waals surface area contributed by atoms with Gasteiger partial charge in [0.05, 0.1) is 5.56 Å². The molecule has 0 atom stereocenters. The summed E-state index contributed by atoms with van der Waals surface area (Å²) in [5.74, 6) is 0.630. The Morgan fingerprint density at radius 1 is 0.857 bits per heavy atom. The van der Waals surface area contributed by atoms with E-state index in [1.54, 1.807) is 12.1 Å². The Balaban J connectivity index is 1.99. The predicted molar refractivity (Wildman–Crippen MR) is 95.2 cm³/mol. The van der Waals surface area contributed by atoms with Gasteiger partial charge in [-0.05, 0) is 35.6 Å². The second kappa shape index (κ2) is 7.59. The highest BCUT2D eigenvalue weighted by Crippen LogP contribution is 2.34. The highest BCUT2D eigenvalue weighted by molar-refractivity contribution is 5.85. The van der Waals surface area contributed by atoms with Crippen molar-refractivity contribution in [2.24, 2.45) is 0 Å². The van der Waals surface area contributed by atoms with E-state index in [4.69, 9.17) is 0 Å². The zero-order valence-corrected chi connectivity index (χ0v) is 14.7. The van der Waals surface area contributed by atoms with E-state index < -0.39 is 29.2 Å². The van der Waals surface area contributed by atoms with Crippen LogP contribution >= 0.6 is 0 Å². The molecule has 0 N–H and O–H groups in total. The first-order valence-electron chi connectivity index (χ1n) is 8.50. The highest BCUT2D eigenvalue weighted by atomic mass is 19.4. The van der Waals surface area contributed by atoms with Crippen LogP contribution in [-0.2, 0) is 12.6 Å². The van der Waals surface area contributed by atoms with E-state index in [9.17, 15) is 26.3 Å². The third-order valence-corrected chi connectivity index (χ3v) is 4.22. The Labute approximate surface area is 157 Å². The lowest BCUT2D eigenvalue weighted by molar-refractivity contribution is -0.142. The number of hydrogen-bond acceptors (Lipinski definition) is 0. The molecule has 0 radical (unpaired) electrons. The van der Waals surface area contributed by atoms with E-state index in [0.717, 1.165) is 18.4 Å². The monoisotopic (exact) mass is 392 g/mol. The molecule has 0 saturated heterocycles. The van der Waals surface area contributed by atoms with Gasteiger partial charge in [-0.3, -0.25) is 0 Å². The second-order valence-electron chi connectivity index (χ2n) is 6.30. The van der Waals surface area contributed by atoms with Gasteiger partial charge < -0.3 is 0 Å². The van der Waals surface area contributed by atoms with E-state index in [2.05, 4.69) is 11.8 Å². The molecule has 3 aromatic rings. The largest absolute Gasteiger partial charge is 0.422 e. The smallest absolute Gasteiger partial charge is 0.206 e. The molecular formula is C22H14F6. The van der Waals surface area contributed by atoms with Gasteiger partial charge in [0.25, 0.3) is 0 Å². The number of hydrogen-bond donors (Lipinski definition) is 0. The maximum absolute atomic E-state index is 14.7. The average molecular weight is 392 g/mol. The lowest BCUT2D eigenvalue weighted by Gasteiger charge is -2.09. The Hall–Kier alpha value is -2.94. The lowest BCUT2D eigenvalue weighted by atomic mass is 10.0. The van der Waals surface area contributed by atoms with Gasteiger partial charge in [0.1, 0.15) is 23.0 Å². The Morgan fingerprint density at radius 3 is 2.14 bits per heavy atom. The van der Waals surface area contributed by atoms with Gasteiger partial charge in [0, 0.05) is 10.9 Å². The lowest BCUT2D eigenvalue weighted by Crippen LogP contribution is -2.11. The van der Waals surface area contributed by atoms with Crippen molar-refractivity contribution in [2.45, 2.75) is 25.9 Å². The molecule has 0 aliphatic rings. The van der Waals surface area contributed by atoms with Crippen LogP contribution in [0.3, 0.4) is 0 Å². The summed E-state index contributed by atoms with van der Waals surface area (Å²) in [6, 6.07) is 9.39. The zero-order chi connectivity index (χ0) is 20.5. The van der Waals surface area contributed by atoms with Crippen LogP contribution in [0, 0.1) is 29.3 Å². The molecule has 0 fully saturated rings. The molecule has 0 aromatic heterocycles. The molecule has 0 saturated carbocycles. The summed E-state index contributed by atoms with van der Waals surface area (Å²) in [5.41, 5.74) is -1.24. The number of fused-ring (bicyclic) bond motifs is 1. The van der Waals surface area contributed by atoms with Crippen molar-refractivity contribution in [3.63, 3.8) is 0 Å². The third kappa shape index (κ3) is 3.99. The van der Waals surface area contributed by atoms with Crippen LogP contribution < -0.4 is 0 Å². The minimum Gasteiger partial charge on any atom is -0.206 e. The molecule has 0 spiro atoms. The Bertz CT molecular complexity index is 1080. The summed E-state index contributed by atoms with van der Waals surface area (Å²) in [6.07, 6.45) is -3.33. The van der Waals surface area contributed by atoms with Crippen LogP contribution in [0.15, 0.2) is 42.5 Å². The fraction of sp³-hybridized carbons (Fsp3) is 0.182. The summed E-state index contributed by atoms with van der Waals surface area (Å²) >= 11 is 0. The Morgan fingerprint density at radius 2 is 1.54 bits per heavy atom. The van der Waals surface area contributed by atoms with Crippen molar-refractivity contribution in [1.29, 1.82) is 0 Å². The minimum absolute atomic E-state index is 0.0172. The summed E-state index contributed by atoms with van der Waals surface area (Å²) in [5, 5.41) is 1.04. The quantitative estimate of drug-likeness (QED) is 0.339. The molecule has 0 bridgehead atoms. The van der Waals surface area contributed by atoms with Crippen LogP contribution in [-0.4, -0.2) is 0 Å². The summed E-state index contributed by atoms with van der Waals surface area (Å²) in [6.45, 7) is 2.04. The number of rotatable bonds is 2. The molecule has 0 aliphatic heterocycles. The van der Waals surface area contributed by atoms with Gasteiger partial charge in [0.15, 0.2) is 0 Å². The molecule has 6 heteroatoms. The van der Waals surface area contributed by atoms with Crippen molar-refractivity contribution < 1.29 is 26.3 Å². The standard InChI is InChI=1S/C22H14F6/c1-2-3-13-5-9-17-16(10-13)8-7-15(21(17)25)6-4-14-11-18(23)20(19(24)12-14)22(26,27)28/h5,7-12H,2-3H2,1H3. The van der Waals surface area contributed by atoms with Crippen LogP contribution in [0.5, 0.6) is 0 Å². The topological polar surface area (TPSA) is 0 Å². The van der Waals surface area contributed by atoms with Gasteiger partial charge in [-0.2, -0.15) is 13.2 Å². The number of halogens is 6. The van der Waals surface area contributed by atoms with Gasteiger partial charge in [0.2, 0.25) is 0 Å². The highest BCUT2D eigenvalue weighted by Gasteiger charge is 2.37. The van der Waals surface area contributed by atoms with Gasteiger partial charge in [-0.1, -0.05) is 49.5 Å². The van der Waals surface area contributed by atoms with Crippen LogP contribution in [0.4, 0.5) is 26.3 Å². The molecule has 144 valence electrons. The summed E-state index contributed by atoms with van der Waals surface area (Å²) in [4.78, 5) is 0. The molecular weight excluding hydrogens is 378 g/mol. The van der Waals surface area contributed by atoms with Crippen molar-refractivity contribution >= 4 is 10.8 Å². The first-order valence-corrected chi connectivity index (χ1v) is 8.50. The fourth-order valence-corrected chi connectivity index (χ4v) is 2.94. The van der Waals surface area contributed by atoms with Crippen molar-refractivity contribution in [3.05, 3.63) is 82.2 Å². The van der Waals surface area contributed by atoms with E-state index in [-0.39, 0.29) is 11.1 Å². The van der Waals surface area contributed by atoms with Crippen LogP contribution in [0.25, 0.3) is 10.8 Å².